The maximum Gasteiger partial charge on any atom is 0.269 e. The number of nitrogen functional groups attached to an aromatic ring is 2. The Kier molecular flexibility index (Phi) is 50.7. The number of nitrogens with two attached hydrogens (primary N) is 2. The molecule has 0 heterocycles. The molecule has 0 spiro atoms. The Morgan fingerprint density at radius 3 is 1.30 bits per heavy atom. The van der Waals surface area contributed by atoms with Crippen molar-refractivity contribution in [1.29, 1.82) is 0 Å². The maximum absolute atomic E-state index is 10.4. The monoisotopic (exact) mass is 1390 g/mol. The van der Waals surface area contributed by atoms with Crippen LogP contribution in [0.4, 0.5) is 22.7 Å². The number of aliphatic hydroxyl groups excluding tert-OH is 1. The number of hydrogen-bond acceptors (Lipinski definition) is 10. The quantitative estimate of drug-likeness (QED) is 0.0268. The number of hydrogen-bond donors (Lipinski definition) is 5. The third-order valence-electron chi connectivity index (χ3n) is 16.1. The molecule has 7 aromatic carbocycles. The highest BCUT2D eigenvalue weighted by molar-refractivity contribution is 5.48. The lowest BCUT2D eigenvalue weighted by molar-refractivity contribution is -0.385. The van der Waals surface area contributed by atoms with E-state index in [9.17, 15) is 35.5 Å². The molecular formula is C89H132N4O8. The van der Waals surface area contributed by atoms with Gasteiger partial charge in [-0.25, -0.2) is 0 Å². The Hall–Kier alpha value is -8.58. The summed E-state index contributed by atoms with van der Waals surface area (Å²) in [4.78, 5) is 19.8. The second-order valence-electron chi connectivity index (χ2n) is 29.2. The van der Waals surface area contributed by atoms with Crippen LogP contribution in [0.15, 0.2) is 164 Å². The lowest BCUT2D eigenvalue weighted by Gasteiger charge is -2.30. The summed E-state index contributed by atoms with van der Waals surface area (Å²) >= 11 is 0. The minimum absolute atomic E-state index is 0.00579. The molecule has 2 atom stereocenters. The van der Waals surface area contributed by atoms with Crippen molar-refractivity contribution in [3.05, 3.63) is 229 Å². The third kappa shape index (κ3) is 45.7. The highest BCUT2D eigenvalue weighted by atomic mass is 16.6. The molecule has 0 bridgehead atoms. The predicted octanol–water partition coefficient (Wildman–Crippen LogP) is 24.4. The molecule has 8 rings (SSSR count). The fourth-order valence-corrected chi connectivity index (χ4v) is 9.86. The smallest absolute Gasteiger partial charge is 0.269 e. The van der Waals surface area contributed by atoms with E-state index in [1.807, 2.05) is 69.3 Å². The summed E-state index contributed by atoms with van der Waals surface area (Å²) in [6, 6.07) is 51.3. The molecule has 0 aliphatic heterocycles. The second kappa shape index (κ2) is 54.2. The second-order valence-corrected chi connectivity index (χ2v) is 29.2. The Bertz CT molecular complexity index is 3360. The van der Waals surface area contributed by atoms with E-state index in [1.54, 1.807) is 25.3 Å². The zero-order valence-corrected chi connectivity index (χ0v) is 66.0. The number of aromatic hydroxyl groups is 2. The summed E-state index contributed by atoms with van der Waals surface area (Å²) in [5.74, 6) is 12.9. The van der Waals surface area contributed by atoms with Crippen LogP contribution in [-0.2, 0) is 12.8 Å². The van der Waals surface area contributed by atoms with Crippen molar-refractivity contribution in [1.82, 2.24) is 0 Å². The van der Waals surface area contributed by atoms with E-state index < -0.39 is 4.92 Å². The maximum atomic E-state index is 10.4. The summed E-state index contributed by atoms with van der Waals surface area (Å²) in [6.07, 6.45) is 20.1. The molecule has 0 radical (unpaired) electrons. The molecule has 1 saturated carbocycles. The number of phenolic OH excluding ortho intramolecular Hbond substituents is 2. The normalized spacial score (nSPS) is 12.5. The first-order valence-corrected chi connectivity index (χ1v) is 36.3. The molecule has 1 fully saturated rings. The number of nitrogens with zero attached hydrogens (tertiary/aromatic N) is 2. The number of benzene rings is 7. The highest BCUT2D eigenvalue weighted by Crippen LogP contribution is 2.31. The van der Waals surface area contributed by atoms with Gasteiger partial charge in [0.1, 0.15) is 17.2 Å². The van der Waals surface area contributed by atoms with E-state index in [0.717, 1.165) is 78.1 Å². The standard InChI is InChI=1S/C11H16O.C10H15N.C10H14.C9H11NO3.C9H11NO2.C9H13N.C9H18O.C9H12O.C7H12.C6H10/c1-9(2)8-10-4-6-11(12-3)7-5-10;1-7(2)9-4-5-10(11)8(3)6-9;1-9(2)8-10-6-4-3-5-7-10;1-6(2)8-5-7(10(12)13)3-4-9(8)11;1-7(2)8-3-5-9(6-4-8)10(11)12;1-7(2)8-3-5-9(10)6-4-8;2*1-7(2)8-5-3-4-6-9(8)10;1-4-5-6-7(2)3;1-4-5-6(2)3/h4-7,9H,8H2,1-3H3;4-7H,11H2,1-3H3;3-7,9H,8H2,1-2H3;3-6,11H,1-2H3;3-7H,1-2H3;3-7H,10H2,1-2H3;7-10H,3-6H2,1-2H3;3-7,10H,1-2H3;1,7H,5-6H2,2-3H3;1,6H,5H2,2-3H3. The third-order valence-corrected chi connectivity index (χ3v) is 16.1. The molecule has 1 aliphatic rings. The molecule has 0 amide bonds. The number of aliphatic hydroxyl groups is 1. The number of terminal acetylenes is 2. The fourth-order valence-electron chi connectivity index (χ4n) is 9.86. The highest BCUT2D eigenvalue weighted by Gasteiger charge is 2.25. The Morgan fingerprint density at radius 1 is 0.495 bits per heavy atom. The van der Waals surface area contributed by atoms with Crippen molar-refractivity contribution in [2.45, 2.75) is 239 Å². The predicted molar refractivity (Wildman–Crippen MR) is 433 cm³/mol. The average molecular weight is 1390 g/mol. The van der Waals surface area contributed by atoms with E-state index >= 15 is 0 Å². The first kappa shape index (κ1) is 94.5. The minimum Gasteiger partial charge on any atom is -0.508 e. The summed E-state index contributed by atoms with van der Waals surface area (Å²) in [6.45, 7) is 44.7. The van der Waals surface area contributed by atoms with Crippen molar-refractivity contribution >= 4 is 22.7 Å². The van der Waals surface area contributed by atoms with Crippen LogP contribution in [0, 0.1) is 87.3 Å². The summed E-state index contributed by atoms with van der Waals surface area (Å²) in [7, 11) is 1.69. The topological polar surface area (TPSA) is 208 Å². The van der Waals surface area contributed by atoms with Crippen LogP contribution < -0.4 is 16.2 Å². The van der Waals surface area contributed by atoms with Crippen LogP contribution in [0.2, 0.25) is 0 Å². The number of anilines is 2. The van der Waals surface area contributed by atoms with Crippen molar-refractivity contribution in [3.63, 3.8) is 0 Å². The van der Waals surface area contributed by atoms with Crippen LogP contribution in [0.5, 0.6) is 17.2 Å². The number of methoxy groups -OCH3 is 1. The molecule has 7 N–H and O–H groups in total. The Balaban J connectivity index is 0. The molecule has 12 nitrogen and oxygen atoms in total. The molecule has 556 valence electrons. The van der Waals surface area contributed by atoms with Gasteiger partial charge >= 0.3 is 0 Å². The molecule has 1 aliphatic carbocycles. The van der Waals surface area contributed by atoms with Gasteiger partial charge in [-0.3, -0.25) is 20.2 Å². The Morgan fingerprint density at radius 2 is 0.941 bits per heavy atom. The molecule has 101 heavy (non-hydrogen) atoms. The van der Waals surface area contributed by atoms with Crippen LogP contribution in [0.25, 0.3) is 0 Å². The van der Waals surface area contributed by atoms with Crippen molar-refractivity contribution in [2.75, 3.05) is 18.6 Å². The van der Waals surface area contributed by atoms with E-state index in [4.69, 9.17) is 29.1 Å². The van der Waals surface area contributed by atoms with E-state index in [1.165, 1.54) is 83.8 Å². The van der Waals surface area contributed by atoms with E-state index in [-0.39, 0.29) is 34.1 Å². The van der Waals surface area contributed by atoms with Crippen molar-refractivity contribution in [2.24, 2.45) is 35.5 Å². The number of rotatable bonds is 16. The van der Waals surface area contributed by atoms with Gasteiger partial charge in [-0.1, -0.05) is 248 Å². The van der Waals surface area contributed by atoms with Crippen molar-refractivity contribution < 1.29 is 29.9 Å². The van der Waals surface area contributed by atoms with Crippen LogP contribution >= 0.6 is 0 Å². The van der Waals surface area contributed by atoms with Gasteiger partial charge in [-0.05, 0) is 186 Å². The Labute approximate surface area is 612 Å². The van der Waals surface area contributed by atoms with Gasteiger partial charge in [-0.2, -0.15) is 0 Å². The summed E-state index contributed by atoms with van der Waals surface area (Å²) < 4.78 is 5.07. The molecule has 0 saturated heterocycles. The number of nitro benzene ring substituents is 2. The van der Waals surface area contributed by atoms with Crippen LogP contribution in [0.1, 0.15) is 258 Å². The lowest BCUT2D eigenvalue weighted by Crippen LogP contribution is -2.28. The number of non-ortho nitro benzene ring substituents is 2. The van der Waals surface area contributed by atoms with Gasteiger partial charge in [0, 0.05) is 54.0 Å². The zero-order valence-electron chi connectivity index (χ0n) is 66.0. The zero-order chi connectivity index (χ0) is 77.3. The molecule has 2 unspecified atom stereocenters. The lowest BCUT2D eigenvalue weighted by atomic mass is 9.79. The number of para-hydroxylation sites is 1. The molecular weight excluding hydrogens is 1250 g/mol. The van der Waals surface area contributed by atoms with Crippen LogP contribution in [-0.4, -0.2) is 38.4 Å². The molecule has 0 aromatic heterocycles. The largest absolute Gasteiger partial charge is 0.508 e. The first-order chi connectivity index (χ1) is 47.4. The van der Waals surface area contributed by atoms with Gasteiger partial charge in [-0.15, -0.1) is 24.7 Å². The number of ether oxygens (including phenoxy) is 1. The van der Waals surface area contributed by atoms with Gasteiger partial charge in [0.25, 0.3) is 11.4 Å². The fraction of sp³-hybridized carbons (Fsp3) is 0.483. The van der Waals surface area contributed by atoms with E-state index in [0.29, 0.717) is 52.7 Å². The summed E-state index contributed by atoms with van der Waals surface area (Å²) in [5, 5.41) is 48.9. The number of aryl methyl sites for hydroxylation is 1. The molecule has 7 aromatic rings. The molecule has 12 heteroatoms. The van der Waals surface area contributed by atoms with Crippen molar-refractivity contribution in [3.8, 4) is 41.9 Å². The van der Waals surface area contributed by atoms with Gasteiger partial charge in [0.05, 0.1) is 23.1 Å². The number of nitro groups is 2. The van der Waals surface area contributed by atoms with Gasteiger partial charge in [0.2, 0.25) is 0 Å². The van der Waals surface area contributed by atoms with Gasteiger partial charge < -0.3 is 31.5 Å². The summed E-state index contributed by atoms with van der Waals surface area (Å²) in [5.41, 5.74) is 22.6. The number of phenols is 2. The minimum atomic E-state index is -0.467. The van der Waals surface area contributed by atoms with E-state index in [2.05, 4.69) is 203 Å². The average Bonchev–Trinajstić information content (AvgIpc) is 0.825. The SMILES string of the molecule is C#CCC(C)C.C#CCCC(C)C.CC(C)C1CCCCC1O.CC(C)Cc1ccccc1.CC(C)c1cc([N+](=O)[O-])ccc1O.CC(C)c1ccc(N)cc1.CC(C)c1ccc([N+](=O)[O-])cc1.CC(C)c1ccccc1O.COc1ccc(CC(C)C)cc1.Cc1cc(C(C)C)ccc1N. The first-order valence-electron chi connectivity index (χ1n) is 36.3. The van der Waals surface area contributed by atoms with Crippen LogP contribution in [0.3, 0.4) is 0 Å². The van der Waals surface area contributed by atoms with Gasteiger partial charge in [0.15, 0.2) is 0 Å².